The zero-order valence-corrected chi connectivity index (χ0v) is 8.59. The van der Waals surface area contributed by atoms with Crippen molar-refractivity contribution < 1.29 is 9.59 Å². The third-order valence-corrected chi connectivity index (χ3v) is 2.86. The standard InChI is InChI=1S/C9H17N3O2/c1-9(3-4-12-8(9)14)5-6(11-2)7(10)13/h6,11H,3-5H2,1-2H3,(H2,10,13)(H,12,14)/t6-,9-/m0/s1. The maximum absolute atomic E-state index is 11.5. The first-order valence-corrected chi connectivity index (χ1v) is 4.74. The van der Waals surface area contributed by atoms with Gasteiger partial charge < -0.3 is 16.4 Å². The van der Waals surface area contributed by atoms with Crippen molar-refractivity contribution >= 4 is 11.8 Å². The largest absolute Gasteiger partial charge is 0.368 e. The highest BCUT2D eigenvalue weighted by molar-refractivity contribution is 5.86. The zero-order chi connectivity index (χ0) is 10.8. The van der Waals surface area contributed by atoms with E-state index in [1.165, 1.54) is 0 Å². The molecule has 1 aliphatic heterocycles. The van der Waals surface area contributed by atoms with Crippen LogP contribution in [0.3, 0.4) is 0 Å². The lowest BCUT2D eigenvalue weighted by Crippen LogP contribution is -2.44. The zero-order valence-electron chi connectivity index (χ0n) is 8.59. The van der Waals surface area contributed by atoms with Crippen LogP contribution in [0, 0.1) is 5.41 Å². The van der Waals surface area contributed by atoms with E-state index in [2.05, 4.69) is 10.6 Å². The summed E-state index contributed by atoms with van der Waals surface area (Å²) >= 11 is 0. The molecule has 1 heterocycles. The molecule has 1 aliphatic rings. The van der Waals surface area contributed by atoms with E-state index in [0.29, 0.717) is 13.0 Å². The summed E-state index contributed by atoms with van der Waals surface area (Å²) in [5.41, 5.74) is 4.74. The molecular formula is C9H17N3O2. The number of rotatable bonds is 4. The molecule has 0 bridgehead atoms. The lowest BCUT2D eigenvalue weighted by Gasteiger charge is -2.24. The topological polar surface area (TPSA) is 84.2 Å². The summed E-state index contributed by atoms with van der Waals surface area (Å²) in [4.78, 5) is 22.5. The first-order chi connectivity index (χ1) is 6.49. The number of carbonyl (C=O) groups is 2. The third kappa shape index (κ3) is 2.04. The number of nitrogens with two attached hydrogens (primary N) is 1. The van der Waals surface area contributed by atoms with Crippen LogP contribution in [0.15, 0.2) is 0 Å². The predicted octanol–water partition coefficient (Wildman–Crippen LogP) is -1.02. The molecule has 14 heavy (non-hydrogen) atoms. The minimum absolute atomic E-state index is 0.0130. The second-order valence-electron chi connectivity index (χ2n) is 4.01. The Kier molecular flexibility index (Phi) is 3.10. The van der Waals surface area contributed by atoms with E-state index in [1.807, 2.05) is 6.92 Å². The Balaban J connectivity index is 2.65. The molecule has 0 spiro atoms. The third-order valence-electron chi connectivity index (χ3n) is 2.86. The quantitative estimate of drug-likeness (QED) is 0.541. The minimum Gasteiger partial charge on any atom is -0.368 e. The van der Waals surface area contributed by atoms with Gasteiger partial charge in [0.25, 0.3) is 0 Å². The van der Waals surface area contributed by atoms with Gasteiger partial charge in [-0.15, -0.1) is 0 Å². The van der Waals surface area contributed by atoms with Crippen LogP contribution in [0.5, 0.6) is 0 Å². The number of hydrogen-bond donors (Lipinski definition) is 3. The summed E-state index contributed by atoms with van der Waals surface area (Å²) in [6.07, 6.45) is 1.22. The highest BCUT2D eigenvalue weighted by Crippen LogP contribution is 2.31. The average Bonchev–Trinajstić information content (AvgIpc) is 2.43. The van der Waals surface area contributed by atoms with Crippen LogP contribution in [0.2, 0.25) is 0 Å². The molecule has 1 fully saturated rings. The van der Waals surface area contributed by atoms with Crippen molar-refractivity contribution in [2.45, 2.75) is 25.8 Å². The van der Waals surface area contributed by atoms with Gasteiger partial charge in [0.05, 0.1) is 11.5 Å². The van der Waals surface area contributed by atoms with Gasteiger partial charge in [-0.25, -0.2) is 0 Å². The summed E-state index contributed by atoms with van der Waals surface area (Å²) in [6, 6.07) is -0.427. The molecule has 5 heteroatoms. The molecule has 0 aromatic heterocycles. The lowest BCUT2D eigenvalue weighted by atomic mass is 9.82. The van der Waals surface area contributed by atoms with Crippen molar-refractivity contribution in [2.75, 3.05) is 13.6 Å². The Hall–Kier alpha value is -1.10. The summed E-state index contributed by atoms with van der Waals surface area (Å²) in [7, 11) is 1.67. The van der Waals surface area contributed by atoms with Gasteiger partial charge >= 0.3 is 0 Å². The average molecular weight is 199 g/mol. The van der Waals surface area contributed by atoms with Gasteiger partial charge in [0.1, 0.15) is 0 Å². The van der Waals surface area contributed by atoms with Crippen molar-refractivity contribution in [1.82, 2.24) is 10.6 Å². The second-order valence-corrected chi connectivity index (χ2v) is 4.01. The summed E-state index contributed by atoms with van der Waals surface area (Å²) < 4.78 is 0. The second kappa shape index (κ2) is 3.96. The molecule has 2 amide bonds. The van der Waals surface area contributed by atoms with Gasteiger partial charge in [0, 0.05) is 6.54 Å². The van der Waals surface area contributed by atoms with Gasteiger partial charge in [-0.2, -0.15) is 0 Å². The Bertz CT molecular complexity index is 254. The van der Waals surface area contributed by atoms with Crippen LogP contribution < -0.4 is 16.4 Å². The number of likely N-dealkylation sites (N-methyl/N-ethyl adjacent to an activating group) is 1. The van der Waals surface area contributed by atoms with Crippen LogP contribution in [0.4, 0.5) is 0 Å². The van der Waals surface area contributed by atoms with Crippen molar-refractivity contribution in [1.29, 1.82) is 0 Å². The van der Waals surface area contributed by atoms with Crippen LogP contribution in [0.25, 0.3) is 0 Å². The maximum atomic E-state index is 11.5. The summed E-state index contributed by atoms with van der Waals surface area (Å²) in [6.45, 7) is 2.55. The molecule has 1 rings (SSSR count). The Labute approximate surface area is 83.4 Å². The van der Waals surface area contributed by atoms with Gasteiger partial charge in [-0.1, -0.05) is 6.92 Å². The first kappa shape index (κ1) is 11.0. The van der Waals surface area contributed by atoms with Crippen LogP contribution in [-0.2, 0) is 9.59 Å². The van der Waals surface area contributed by atoms with E-state index in [1.54, 1.807) is 7.05 Å². The highest BCUT2D eigenvalue weighted by atomic mass is 16.2. The fourth-order valence-corrected chi connectivity index (χ4v) is 1.77. The fraction of sp³-hybridized carbons (Fsp3) is 0.778. The molecule has 80 valence electrons. The van der Waals surface area contributed by atoms with Crippen molar-refractivity contribution in [3.63, 3.8) is 0 Å². The number of carbonyl (C=O) groups excluding carboxylic acids is 2. The van der Waals surface area contributed by atoms with Crippen molar-refractivity contribution in [3.05, 3.63) is 0 Å². The van der Waals surface area contributed by atoms with Crippen LogP contribution >= 0.6 is 0 Å². The van der Waals surface area contributed by atoms with Gasteiger partial charge in [0.15, 0.2) is 0 Å². The predicted molar refractivity (Wildman–Crippen MR) is 52.4 cm³/mol. The highest BCUT2D eigenvalue weighted by Gasteiger charge is 2.40. The normalized spacial score (nSPS) is 28.6. The smallest absolute Gasteiger partial charge is 0.234 e. The van der Waals surface area contributed by atoms with Gasteiger partial charge in [-0.3, -0.25) is 9.59 Å². The number of amides is 2. The molecule has 0 radical (unpaired) electrons. The lowest BCUT2D eigenvalue weighted by molar-refractivity contribution is -0.128. The molecule has 0 saturated carbocycles. The van der Waals surface area contributed by atoms with Crippen molar-refractivity contribution in [2.24, 2.45) is 11.1 Å². The van der Waals surface area contributed by atoms with Gasteiger partial charge in [0.2, 0.25) is 11.8 Å². The van der Waals surface area contributed by atoms with E-state index < -0.39 is 17.4 Å². The first-order valence-electron chi connectivity index (χ1n) is 4.74. The molecule has 1 saturated heterocycles. The molecule has 0 aromatic carbocycles. The molecular weight excluding hydrogens is 182 g/mol. The molecule has 0 aliphatic carbocycles. The molecule has 2 atom stereocenters. The fourth-order valence-electron chi connectivity index (χ4n) is 1.77. The Morgan fingerprint density at radius 2 is 2.43 bits per heavy atom. The SMILES string of the molecule is CN[C@@H](C[C@]1(C)CCNC1=O)C(N)=O. The number of hydrogen-bond acceptors (Lipinski definition) is 3. The monoisotopic (exact) mass is 199 g/mol. The number of nitrogens with one attached hydrogen (secondary N) is 2. The maximum Gasteiger partial charge on any atom is 0.234 e. The number of primary amides is 1. The Morgan fingerprint density at radius 3 is 2.79 bits per heavy atom. The van der Waals surface area contributed by atoms with E-state index in [4.69, 9.17) is 5.73 Å². The van der Waals surface area contributed by atoms with Gasteiger partial charge in [-0.05, 0) is 19.9 Å². The van der Waals surface area contributed by atoms with Crippen molar-refractivity contribution in [3.8, 4) is 0 Å². The summed E-state index contributed by atoms with van der Waals surface area (Å²) in [5.74, 6) is -0.396. The van der Waals surface area contributed by atoms with E-state index >= 15 is 0 Å². The van der Waals surface area contributed by atoms with Crippen LogP contribution in [-0.4, -0.2) is 31.4 Å². The summed E-state index contributed by atoms with van der Waals surface area (Å²) in [5, 5.41) is 5.58. The van der Waals surface area contributed by atoms with E-state index in [0.717, 1.165) is 6.42 Å². The van der Waals surface area contributed by atoms with E-state index in [-0.39, 0.29) is 5.91 Å². The molecule has 0 unspecified atom stereocenters. The molecule has 4 N–H and O–H groups in total. The minimum atomic E-state index is -0.456. The van der Waals surface area contributed by atoms with Crippen LogP contribution in [0.1, 0.15) is 19.8 Å². The molecule has 0 aromatic rings. The molecule has 5 nitrogen and oxygen atoms in total. The Morgan fingerprint density at radius 1 is 1.79 bits per heavy atom. The van der Waals surface area contributed by atoms with E-state index in [9.17, 15) is 9.59 Å².